The van der Waals surface area contributed by atoms with Crippen LogP contribution in [0.5, 0.6) is 0 Å². The van der Waals surface area contributed by atoms with E-state index in [0.717, 1.165) is 6.07 Å². The topological polar surface area (TPSA) is 163 Å². The van der Waals surface area contributed by atoms with Crippen molar-refractivity contribution in [3.8, 4) is 0 Å². The predicted octanol–water partition coefficient (Wildman–Crippen LogP) is -0.562. The van der Waals surface area contributed by atoms with E-state index in [0.29, 0.717) is 6.07 Å². The monoisotopic (exact) mass is 437 g/mol. The molecule has 2 aromatic rings. The van der Waals surface area contributed by atoms with Gasteiger partial charge in [-0.2, -0.15) is 25.3 Å². The van der Waals surface area contributed by atoms with E-state index >= 15 is 0 Å². The molecule has 0 aliphatic heterocycles. The fourth-order valence-corrected chi connectivity index (χ4v) is 5.37. The minimum Gasteiger partial charge on any atom is -0.282 e. The van der Waals surface area contributed by atoms with Crippen molar-refractivity contribution in [2.24, 2.45) is 0 Å². The summed E-state index contributed by atoms with van der Waals surface area (Å²) in [4.78, 5) is -4.31. The fourth-order valence-electron chi connectivity index (χ4n) is 1.96. The quantitative estimate of drug-likeness (QED) is 0.422. The van der Waals surface area contributed by atoms with Gasteiger partial charge in [-0.05, 0) is 11.5 Å². The van der Waals surface area contributed by atoms with Gasteiger partial charge >= 0.3 is 0 Å². The van der Waals surface area contributed by atoms with Gasteiger partial charge in [0.2, 0.25) is 0 Å². The molecule has 25 heavy (non-hydrogen) atoms. The third-order valence-corrected chi connectivity index (χ3v) is 5.73. The Labute approximate surface area is 210 Å². The molecular weight excluding hydrogens is 429 g/mol. The van der Waals surface area contributed by atoms with Crippen LogP contribution in [-0.4, -0.2) is 128 Å². The minimum atomic E-state index is -5.40. The van der Waals surface area contributed by atoms with Crippen LogP contribution in [0.25, 0.3) is 10.8 Å². The number of hydrogen-bond acceptors (Lipinski definition) is 6. The Bertz CT molecular complexity index is 1090. The predicted molar refractivity (Wildman–Crippen MR) is 90.7 cm³/mol. The first-order valence-corrected chi connectivity index (χ1v) is 9.63. The van der Waals surface area contributed by atoms with Crippen LogP contribution in [0.2, 0.25) is 0 Å². The Morgan fingerprint density at radius 2 is 1.08 bits per heavy atom. The minimum absolute atomic E-state index is 0. The van der Waals surface area contributed by atoms with Crippen LogP contribution in [0.4, 0.5) is 0 Å². The Morgan fingerprint density at radius 1 is 0.640 bits per heavy atom. The molecule has 0 aliphatic carbocycles. The van der Waals surface area contributed by atoms with Gasteiger partial charge in [-0.1, -0.05) is 24.3 Å². The molecule has 3 N–H and O–H groups in total. The molecule has 0 heterocycles. The van der Waals surface area contributed by atoms with E-state index in [4.69, 9.17) is 9.11 Å². The van der Waals surface area contributed by atoms with Crippen molar-refractivity contribution < 1.29 is 38.9 Å². The SMILES string of the molecule is O=S(=O)(O)c1cc2ccccc2c(S(=O)(=O)O)c1S(=O)(=O)O.[Na].[Na].[Na]. The molecule has 0 saturated carbocycles. The molecule has 0 fully saturated rings. The smallest absolute Gasteiger partial charge is 0.282 e. The van der Waals surface area contributed by atoms with Crippen LogP contribution in [0.1, 0.15) is 0 Å². The van der Waals surface area contributed by atoms with Crippen LogP contribution in [0.3, 0.4) is 0 Å². The second-order valence-corrected chi connectivity index (χ2v) is 8.29. The summed E-state index contributed by atoms with van der Waals surface area (Å²) in [5, 5.41) is -0.430. The molecular formula is C10H8Na3O9S3. The molecule has 0 bridgehead atoms. The van der Waals surface area contributed by atoms with Gasteiger partial charge in [-0.15, -0.1) is 0 Å². The van der Waals surface area contributed by atoms with Crippen molar-refractivity contribution >= 4 is 130 Å². The zero-order valence-corrected chi connectivity index (χ0v) is 21.9. The summed E-state index contributed by atoms with van der Waals surface area (Å²) in [5.74, 6) is 0. The number of benzene rings is 2. The number of rotatable bonds is 3. The standard InChI is InChI=1S/C10H8O9S3.3Na/c11-20(12,13)8-5-6-3-1-2-4-7(6)9(21(14,15)16)10(8)22(17,18)19;;;/h1-5H,(H,11,12,13)(H,14,15,16)(H,17,18,19);;;. The van der Waals surface area contributed by atoms with E-state index in [1.54, 1.807) is 0 Å². The maximum absolute atomic E-state index is 11.5. The van der Waals surface area contributed by atoms with Crippen molar-refractivity contribution in [3.63, 3.8) is 0 Å². The molecule has 2 aromatic carbocycles. The Morgan fingerprint density at radius 3 is 1.48 bits per heavy atom. The molecule has 0 saturated heterocycles. The first-order chi connectivity index (χ1) is 9.83. The molecule has 0 atom stereocenters. The molecule has 15 heteroatoms. The first kappa shape index (κ1) is 28.6. The summed E-state index contributed by atoms with van der Waals surface area (Å²) in [6.45, 7) is 0. The van der Waals surface area contributed by atoms with Gasteiger partial charge < -0.3 is 0 Å². The fraction of sp³-hybridized carbons (Fsp3) is 0. The van der Waals surface area contributed by atoms with E-state index in [9.17, 15) is 29.8 Å². The average Bonchev–Trinajstić information content (AvgIpc) is 2.33. The number of hydrogen-bond donors (Lipinski definition) is 3. The zero-order chi connectivity index (χ0) is 16.9. The maximum Gasteiger partial charge on any atom is 0.297 e. The normalized spacial score (nSPS) is 11.8. The zero-order valence-electron chi connectivity index (χ0n) is 13.4. The molecule has 123 valence electrons. The van der Waals surface area contributed by atoms with Crippen molar-refractivity contribution in [1.82, 2.24) is 0 Å². The molecule has 0 amide bonds. The van der Waals surface area contributed by atoms with Gasteiger partial charge in [-0.3, -0.25) is 13.7 Å². The van der Waals surface area contributed by atoms with E-state index in [1.165, 1.54) is 18.2 Å². The molecule has 0 aromatic heterocycles. The van der Waals surface area contributed by atoms with Gasteiger partial charge in [0.05, 0.1) is 0 Å². The summed E-state index contributed by atoms with van der Waals surface area (Å²) in [6, 6.07) is 5.69. The van der Waals surface area contributed by atoms with E-state index < -0.39 is 45.0 Å². The van der Waals surface area contributed by atoms with Crippen molar-refractivity contribution in [3.05, 3.63) is 30.3 Å². The van der Waals surface area contributed by atoms with Crippen molar-refractivity contribution in [2.75, 3.05) is 0 Å². The van der Waals surface area contributed by atoms with Crippen LogP contribution >= 0.6 is 0 Å². The van der Waals surface area contributed by atoms with E-state index in [-0.39, 0.29) is 99.4 Å². The summed E-state index contributed by atoms with van der Waals surface area (Å²) >= 11 is 0. The third-order valence-electron chi connectivity index (χ3n) is 2.72. The van der Waals surface area contributed by atoms with E-state index in [2.05, 4.69) is 0 Å². The Hall–Kier alpha value is 1.43. The summed E-state index contributed by atoms with van der Waals surface area (Å²) in [7, 11) is -15.8. The van der Waals surface area contributed by atoms with Gasteiger partial charge in [0.15, 0.2) is 0 Å². The molecule has 2 rings (SSSR count). The largest absolute Gasteiger partial charge is 0.297 e. The average molecular weight is 437 g/mol. The Balaban J connectivity index is 0. The summed E-state index contributed by atoms with van der Waals surface area (Å²) < 4.78 is 96.0. The van der Waals surface area contributed by atoms with Crippen molar-refractivity contribution in [1.29, 1.82) is 0 Å². The Kier molecular flexibility index (Phi) is 11.2. The van der Waals surface area contributed by atoms with Crippen molar-refractivity contribution in [2.45, 2.75) is 14.7 Å². The van der Waals surface area contributed by atoms with Crippen LogP contribution in [-0.2, 0) is 30.4 Å². The molecule has 3 radical (unpaired) electrons. The third kappa shape index (κ3) is 6.48. The molecule has 9 nitrogen and oxygen atoms in total. The maximum atomic E-state index is 11.5. The second-order valence-electron chi connectivity index (χ2n) is 4.18. The van der Waals surface area contributed by atoms with E-state index in [1.807, 2.05) is 0 Å². The molecule has 0 unspecified atom stereocenters. The van der Waals surface area contributed by atoms with Crippen LogP contribution in [0, 0.1) is 0 Å². The number of fused-ring (bicyclic) bond motifs is 1. The van der Waals surface area contributed by atoms with Crippen LogP contribution in [0.15, 0.2) is 45.0 Å². The van der Waals surface area contributed by atoms with Gasteiger partial charge in [0.25, 0.3) is 30.4 Å². The van der Waals surface area contributed by atoms with Gasteiger partial charge in [0.1, 0.15) is 14.7 Å². The summed E-state index contributed by atoms with van der Waals surface area (Å²) in [5.41, 5.74) is 0. The van der Waals surface area contributed by atoms with Crippen LogP contribution < -0.4 is 0 Å². The van der Waals surface area contributed by atoms with Gasteiger partial charge in [-0.25, -0.2) is 0 Å². The molecule has 0 spiro atoms. The summed E-state index contributed by atoms with van der Waals surface area (Å²) in [6.07, 6.45) is 0. The van der Waals surface area contributed by atoms with Gasteiger partial charge in [0, 0.05) is 94.1 Å². The molecule has 0 aliphatic rings. The first-order valence-electron chi connectivity index (χ1n) is 5.31. The second kappa shape index (κ2) is 9.76.